The average molecular weight is 263 g/mol. The molecule has 1 N–H and O–H groups in total. The molecule has 1 aliphatic rings. The largest absolute Gasteiger partial charge is 0.384 e. The number of thiophene rings is 1. The van der Waals surface area contributed by atoms with E-state index in [1.54, 1.807) is 0 Å². The predicted octanol–water partition coefficient (Wildman–Crippen LogP) is 1.96. The maximum absolute atomic E-state index is 12.2. The minimum atomic E-state index is -0.147. The number of aliphatic hydroxyl groups is 1. The molecule has 18 heavy (non-hydrogen) atoms. The number of carbonyl (C=O) groups is 1. The molecule has 1 atom stereocenters. The third kappa shape index (κ3) is 2.92. The van der Waals surface area contributed by atoms with Gasteiger partial charge in [0.15, 0.2) is 0 Å². The summed E-state index contributed by atoms with van der Waals surface area (Å²) in [4.78, 5) is 15.7. The van der Waals surface area contributed by atoms with Crippen molar-refractivity contribution >= 4 is 17.2 Å². The first-order valence-corrected chi connectivity index (χ1v) is 7.05. The lowest BCUT2D eigenvalue weighted by Crippen LogP contribution is -2.27. The number of hydrogen-bond acceptors (Lipinski definition) is 3. The van der Waals surface area contributed by atoms with Crippen LogP contribution in [0.15, 0.2) is 12.1 Å². The van der Waals surface area contributed by atoms with Gasteiger partial charge in [-0.15, -0.1) is 11.3 Å². The Balaban J connectivity index is 2.03. The molecule has 0 spiro atoms. The van der Waals surface area contributed by atoms with Crippen molar-refractivity contribution < 1.29 is 9.90 Å². The van der Waals surface area contributed by atoms with Crippen molar-refractivity contribution in [1.82, 2.24) is 4.90 Å². The number of likely N-dealkylation sites (tertiary alicyclic amines) is 1. The Hall–Kier alpha value is -1.31. The highest BCUT2D eigenvalue weighted by molar-refractivity contribution is 7.14. The van der Waals surface area contributed by atoms with Crippen LogP contribution in [-0.2, 0) is 0 Å². The Labute approximate surface area is 111 Å². The van der Waals surface area contributed by atoms with E-state index in [9.17, 15) is 4.79 Å². The molecule has 0 radical (unpaired) electrons. The van der Waals surface area contributed by atoms with Crippen molar-refractivity contribution in [2.24, 2.45) is 5.92 Å². The summed E-state index contributed by atoms with van der Waals surface area (Å²) in [6.45, 7) is 3.77. The molecule has 1 aromatic heterocycles. The van der Waals surface area contributed by atoms with Crippen LogP contribution in [0.1, 0.15) is 34.3 Å². The maximum atomic E-state index is 12.2. The van der Waals surface area contributed by atoms with Gasteiger partial charge in [0.2, 0.25) is 0 Å². The Kier molecular flexibility index (Phi) is 4.40. The minimum Gasteiger partial charge on any atom is -0.384 e. The molecule has 1 amide bonds. The molecule has 2 heterocycles. The molecular weight excluding hydrogens is 246 g/mol. The third-order valence-corrected chi connectivity index (χ3v) is 4.25. The first-order chi connectivity index (χ1) is 8.74. The zero-order valence-electron chi connectivity index (χ0n) is 10.5. The van der Waals surface area contributed by atoms with Crippen LogP contribution in [0.25, 0.3) is 0 Å². The van der Waals surface area contributed by atoms with Crippen LogP contribution in [0.3, 0.4) is 0 Å². The van der Waals surface area contributed by atoms with Crippen LogP contribution in [0.2, 0.25) is 0 Å². The molecule has 1 saturated heterocycles. The second kappa shape index (κ2) is 6.03. The van der Waals surface area contributed by atoms with Crippen LogP contribution < -0.4 is 0 Å². The minimum absolute atomic E-state index is 0.119. The number of aliphatic hydroxyl groups excluding tert-OH is 1. The van der Waals surface area contributed by atoms with Crippen molar-refractivity contribution in [3.8, 4) is 11.8 Å². The fourth-order valence-corrected chi connectivity index (χ4v) is 3.00. The predicted molar refractivity (Wildman–Crippen MR) is 72.6 cm³/mol. The highest BCUT2D eigenvalue weighted by Crippen LogP contribution is 2.24. The van der Waals surface area contributed by atoms with Crippen LogP contribution in [0, 0.1) is 17.8 Å². The summed E-state index contributed by atoms with van der Waals surface area (Å²) in [7, 11) is 0. The second-order valence-electron chi connectivity index (χ2n) is 4.44. The summed E-state index contributed by atoms with van der Waals surface area (Å²) >= 11 is 1.40. The smallest absolute Gasteiger partial charge is 0.263 e. The number of amides is 1. The van der Waals surface area contributed by atoms with Gasteiger partial charge >= 0.3 is 0 Å². The molecular formula is C14H17NO2S. The number of rotatable bonds is 2. The van der Waals surface area contributed by atoms with E-state index in [0.717, 1.165) is 35.7 Å². The van der Waals surface area contributed by atoms with E-state index >= 15 is 0 Å². The number of nitrogens with zero attached hydrogens (tertiary/aromatic N) is 1. The summed E-state index contributed by atoms with van der Waals surface area (Å²) < 4.78 is 0. The molecule has 96 valence electrons. The summed E-state index contributed by atoms with van der Waals surface area (Å²) in [5, 5.41) is 8.63. The molecule has 0 saturated carbocycles. The molecule has 1 fully saturated rings. The highest BCUT2D eigenvalue weighted by Gasteiger charge is 2.26. The Morgan fingerprint density at radius 1 is 1.61 bits per heavy atom. The maximum Gasteiger partial charge on any atom is 0.263 e. The molecule has 2 rings (SSSR count). The molecule has 1 aliphatic heterocycles. The van der Waals surface area contributed by atoms with Gasteiger partial charge in [-0.2, -0.15) is 0 Å². The quantitative estimate of drug-likeness (QED) is 0.829. The van der Waals surface area contributed by atoms with Gasteiger partial charge in [0.25, 0.3) is 5.91 Å². The number of hydrogen-bond donors (Lipinski definition) is 1. The first-order valence-electron chi connectivity index (χ1n) is 6.23. The molecule has 1 unspecified atom stereocenters. The van der Waals surface area contributed by atoms with Crippen molar-refractivity contribution in [1.29, 1.82) is 0 Å². The zero-order chi connectivity index (χ0) is 13.0. The Morgan fingerprint density at radius 3 is 3.11 bits per heavy atom. The van der Waals surface area contributed by atoms with E-state index < -0.39 is 0 Å². The van der Waals surface area contributed by atoms with Crippen LogP contribution in [0.4, 0.5) is 0 Å². The van der Waals surface area contributed by atoms with Gasteiger partial charge in [0.05, 0.1) is 9.75 Å². The van der Waals surface area contributed by atoms with Crippen molar-refractivity contribution in [2.75, 3.05) is 19.7 Å². The molecule has 1 aromatic rings. The van der Waals surface area contributed by atoms with E-state index in [2.05, 4.69) is 18.8 Å². The lowest BCUT2D eigenvalue weighted by molar-refractivity contribution is 0.0791. The monoisotopic (exact) mass is 263 g/mol. The van der Waals surface area contributed by atoms with E-state index in [-0.39, 0.29) is 12.5 Å². The van der Waals surface area contributed by atoms with Crippen LogP contribution >= 0.6 is 11.3 Å². The normalized spacial score (nSPS) is 18.6. The molecule has 0 aromatic carbocycles. The fourth-order valence-electron chi connectivity index (χ4n) is 2.15. The van der Waals surface area contributed by atoms with Gasteiger partial charge in [-0.25, -0.2) is 0 Å². The van der Waals surface area contributed by atoms with E-state index in [4.69, 9.17) is 5.11 Å². The Bertz CT molecular complexity index is 483. The van der Waals surface area contributed by atoms with Crippen molar-refractivity contribution in [3.63, 3.8) is 0 Å². The second-order valence-corrected chi connectivity index (χ2v) is 5.52. The van der Waals surface area contributed by atoms with E-state index in [1.807, 2.05) is 17.0 Å². The van der Waals surface area contributed by atoms with Gasteiger partial charge in [-0.1, -0.05) is 25.2 Å². The van der Waals surface area contributed by atoms with Crippen molar-refractivity contribution in [2.45, 2.75) is 19.8 Å². The van der Waals surface area contributed by atoms with Gasteiger partial charge in [-0.05, 0) is 24.5 Å². The van der Waals surface area contributed by atoms with Gasteiger partial charge in [-0.3, -0.25) is 4.79 Å². The summed E-state index contributed by atoms with van der Waals surface area (Å²) in [5.74, 6) is 6.20. The molecule has 0 aliphatic carbocycles. The fraction of sp³-hybridized carbons (Fsp3) is 0.500. The standard InChI is InChI=1S/C14H17NO2S/c1-2-11-7-8-15(10-11)14(17)13-6-5-12(18-13)4-3-9-16/h5-6,11,16H,2,7-10H2,1H3. The van der Waals surface area contributed by atoms with Gasteiger partial charge < -0.3 is 10.0 Å². The summed E-state index contributed by atoms with van der Waals surface area (Å²) in [5.41, 5.74) is 0. The highest BCUT2D eigenvalue weighted by atomic mass is 32.1. The lowest BCUT2D eigenvalue weighted by Gasteiger charge is -2.14. The SMILES string of the molecule is CCC1CCN(C(=O)c2ccc(C#CCO)s2)C1. The van der Waals surface area contributed by atoms with Gasteiger partial charge in [0, 0.05) is 13.1 Å². The third-order valence-electron chi connectivity index (χ3n) is 3.26. The topological polar surface area (TPSA) is 40.5 Å². The summed E-state index contributed by atoms with van der Waals surface area (Å²) in [6.07, 6.45) is 2.26. The van der Waals surface area contributed by atoms with E-state index in [0.29, 0.717) is 5.92 Å². The average Bonchev–Trinajstić information content (AvgIpc) is 3.04. The van der Waals surface area contributed by atoms with Crippen LogP contribution in [-0.4, -0.2) is 35.6 Å². The van der Waals surface area contributed by atoms with E-state index in [1.165, 1.54) is 11.3 Å². The van der Waals surface area contributed by atoms with Gasteiger partial charge in [0.1, 0.15) is 6.61 Å². The Morgan fingerprint density at radius 2 is 2.44 bits per heavy atom. The van der Waals surface area contributed by atoms with Crippen molar-refractivity contribution in [3.05, 3.63) is 21.9 Å². The lowest BCUT2D eigenvalue weighted by atomic mass is 10.1. The zero-order valence-corrected chi connectivity index (χ0v) is 11.3. The first kappa shape index (κ1) is 13.1. The molecule has 0 bridgehead atoms. The molecule has 4 heteroatoms. The molecule has 3 nitrogen and oxygen atoms in total. The summed E-state index contributed by atoms with van der Waals surface area (Å²) in [6, 6.07) is 3.67. The number of carbonyl (C=O) groups excluding carboxylic acids is 1. The van der Waals surface area contributed by atoms with Crippen LogP contribution in [0.5, 0.6) is 0 Å².